The van der Waals surface area contributed by atoms with Gasteiger partial charge in [-0.1, -0.05) is 29.8 Å². The summed E-state index contributed by atoms with van der Waals surface area (Å²) in [7, 11) is 3.94. The standard InChI is InChI=1S/C26H32N2O4/c1-6-32-21-13-12-20(16-18(21)3)24(29)22-23(19-10-8-17(2)9-11-19)28(26(31)25(22)30)15-7-14-27(4)5/h8-13,16,23,29H,6-7,14-15H2,1-5H3/b24-22-. The van der Waals surface area contributed by atoms with Gasteiger partial charge in [0.25, 0.3) is 11.7 Å². The summed E-state index contributed by atoms with van der Waals surface area (Å²) in [5.74, 6) is -0.651. The summed E-state index contributed by atoms with van der Waals surface area (Å²) in [5, 5.41) is 11.2. The molecule has 1 fully saturated rings. The predicted molar refractivity (Wildman–Crippen MR) is 126 cm³/mol. The Morgan fingerprint density at radius 2 is 1.78 bits per heavy atom. The number of benzene rings is 2. The number of nitrogens with zero attached hydrogens (tertiary/aromatic N) is 2. The number of rotatable bonds is 8. The molecule has 1 atom stereocenters. The van der Waals surface area contributed by atoms with E-state index < -0.39 is 17.7 Å². The lowest BCUT2D eigenvalue weighted by molar-refractivity contribution is -0.139. The van der Waals surface area contributed by atoms with Crippen LogP contribution in [0.4, 0.5) is 0 Å². The van der Waals surface area contributed by atoms with Crippen molar-refractivity contribution in [1.29, 1.82) is 0 Å². The zero-order valence-electron chi connectivity index (χ0n) is 19.5. The van der Waals surface area contributed by atoms with E-state index in [4.69, 9.17) is 4.74 Å². The first-order valence-corrected chi connectivity index (χ1v) is 11.0. The molecular formula is C26H32N2O4. The van der Waals surface area contributed by atoms with Crippen LogP contribution in [0.3, 0.4) is 0 Å². The van der Waals surface area contributed by atoms with Crippen molar-refractivity contribution in [2.45, 2.75) is 33.2 Å². The number of hydrogen-bond acceptors (Lipinski definition) is 5. The highest BCUT2D eigenvalue weighted by Crippen LogP contribution is 2.40. The second-order valence-electron chi connectivity index (χ2n) is 8.47. The Bertz CT molecular complexity index is 1020. The van der Waals surface area contributed by atoms with Gasteiger partial charge in [-0.25, -0.2) is 0 Å². The Hall–Kier alpha value is -3.12. The van der Waals surface area contributed by atoms with Gasteiger partial charge < -0.3 is 19.6 Å². The molecule has 0 radical (unpaired) electrons. The van der Waals surface area contributed by atoms with Crippen LogP contribution in [-0.2, 0) is 9.59 Å². The molecule has 3 rings (SSSR count). The topological polar surface area (TPSA) is 70.1 Å². The van der Waals surface area contributed by atoms with Crippen LogP contribution < -0.4 is 4.74 Å². The highest BCUT2D eigenvalue weighted by Gasteiger charge is 2.45. The summed E-state index contributed by atoms with van der Waals surface area (Å²) in [4.78, 5) is 29.7. The van der Waals surface area contributed by atoms with Crippen LogP contribution in [0.1, 0.15) is 41.6 Å². The van der Waals surface area contributed by atoms with E-state index in [0.29, 0.717) is 18.7 Å². The minimum absolute atomic E-state index is 0.132. The van der Waals surface area contributed by atoms with Gasteiger partial charge in [0.2, 0.25) is 0 Å². The van der Waals surface area contributed by atoms with Gasteiger partial charge in [-0.05, 0) is 77.2 Å². The third kappa shape index (κ3) is 4.86. The molecule has 1 saturated heterocycles. The molecule has 0 bridgehead atoms. The second-order valence-corrected chi connectivity index (χ2v) is 8.47. The fraction of sp³-hybridized carbons (Fsp3) is 0.385. The van der Waals surface area contributed by atoms with Crippen molar-refractivity contribution in [1.82, 2.24) is 9.80 Å². The highest BCUT2D eigenvalue weighted by molar-refractivity contribution is 6.46. The fourth-order valence-electron chi connectivity index (χ4n) is 4.03. The minimum atomic E-state index is -0.649. The average Bonchev–Trinajstić information content (AvgIpc) is 3.00. The van der Waals surface area contributed by atoms with Crippen molar-refractivity contribution in [3.05, 3.63) is 70.3 Å². The van der Waals surface area contributed by atoms with E-state index in [0.717, 1.165) is 35.4 Å². The van der Waals surface area contributed by atoms with Gasteiger partial charge >= 0.3 is 0 Å². The van der Waals surface area contributed by atoms with Crippen molar-refractivity contribution in [3.63, 3.8) is 0 Å². The van der Waals surface area contributed by atoms with Crippen molar-refractivity contribution < 1.29 is 19.4 Å². The predicted octanol–water partition coefficient (Wildman–Crippen LogP) is 4.08. The molecule has 2 aromatic carbocycles. The number of aliphatic hydroxyl groups is 1. The number of carbonyl (C=O) groups excluding carboxylic acids is 2. The van der Waals surface area contributed by atoms with Crippen molar-refractivity contribution in [2.75, 3.05) is 33.8 Å². The van der Waals surface area contributed by atoms with Gasteiger partial charge in [0.1, 0.15) is 11.5 Å². The molecule has 1 amide bonds. The smallest absolute Gasteiger partial charge is 0.295 e. The molecule has 1 aliphatic rings. The normalized spacial score (nSPS) is 17.9. The first-order valence-electron chi connectivity index (χ1n) is 11.0. The maximum Gasteiger partial charge on any atom is 0.295 e. The minimum Gasteiger partial charge on any atom is -0.507 e. The number of Topliss-reactive ketones (excluding diaryl/α,β-unsaturated/α-hetero) is 1. The third-order valence-corrected chi connectivity index (χ3v) is 5.69. The van der Waals surface area contributed by atoms with E-state index in [-0.39, 0.29) is 11.3 Å². The average molecular weight is 437 g/mol. The van der Waals surface area contributed by atoms with Crippen LogP contribution >= 0.6 is 0 Å². The summed E-state index contributed by atoms with van der Waals surface area (Å²) in [6.45, 7) is 7.55. The lowest BCUT2D eigenvalue weighted by atomic mass is 9.94. The molecule has 32 heavy (non-hydrogen) atoms. The molecule has 6 nitrogen and oxygen atoms in total. The lowest BCUT2D eigenvalue weighted by Crippen LogP contribution is -2.32. The first kappa shape index (κ1) is 23.5. The van der Waals surface area contributed by atoms with Crippen molar-refractivity contribution in [3.8, 4) is 5.75 Å². The van der Waals surface area contributed by atoms with Gasteiger partial charge in [-0.3, -0.25) is 9.59 Å². The van der Waals surface area contributed by atoms with Crippen LogP contribution in [0.15, 0.2) is 48.0 Å². The van der Waals surface area contributed by atoms with Gasteiger partial charge in [0.05, 0.1) is 18.2 Å². The Labute approximate surface area is 190 Å². The lowest BCUT2D eigenvalue weighted by Gasteiger charge is -2.26. The van der Waals surface area contributed by atoms with Crippen molar-refractivity contribution in [2.24, 2.45) is 0 Å². The maximum absolute atomic E-state index is 13.1. The van der Waals surface area contributed by atoms with Crippen LogP contribution in [0, 0.1) is 13.8 Å². The van der Waals surface area contributed by atoms with Crippen LogP contribution in [-0.4, -0.2) is 60.4 Å². The Kier molecular flexibility index (Phi) is 7.36. The zero-order chi connectivity index (χ0) is 23.4. The monoisotopic (exact) mass is 436 g/mol. The molecule has 6 heteroatoms. The quantitative estimate of drug-likeness (QED) is 0.384. The van der Waals surface area contributed by atoms with E-state index in [1.165, 1.54) is 0 Å². The van der Waals surface area contributed by atoms with E-state index in [2.05, 4.69) is 0 Å². The number of carbonyl (C=O) groups is 2. The number of ketones is 1. The fourth-order valence-corrected chi connectivity index (χ4v) is 4.03. The van der Waals surface area contributed by atoms with Crippen LogP contribution in [0.25, 0.3) is 5.76 Å². The third-order valence-electron chi connectivity index (χ3n) is 5.69. The van der Waals surface area contributed by atoms with Gasteiger partial charge in [0.15, 0.2) is 0 Å². The second kappa shape index (κ2) is 10.0. The largest absolute Gasteiger partial charge is 0.507 e. The van der Waals surface area contributed by atoms with Crippen LogP contribution in [0.2, 0.25) is 0 Å². The molecule has 0 aromatic heterocycles. The summed E-state index contributed by atoms with van der Waals surface area (Å²) >= 11 is 0. The van der Waals surface area contributed by atoms with E-state index in [1.807, 2.05) is 64.0 Å². The number of ether oxygens (including phenoxy) is 1. The molecule has 0 saturated carbocycles. The van der Waals surface area contributed by atoms with Crippen molar-refractivity contribution >= 4 is 17.4 Å². The van der Waals surface area contributed by atoms with E-state index >= 15 is 0 Å². The summed E-state index contributed by atoms with van der Waals surface area (Å²) in [5.41, 5.74) is 3.37. The molecule has 1 N–H and O–H groups in total. The molecular weight excluding hydrogens is 404 g/mol. The molecule has 2 aromatic rings. The molecule has 170 valence electrons. The van der Waals surface area contributed by atoms with Gasteiger partial charge in [0, 0.05) is 12.1 Å². The zero-order valence-corrected chi connectivity index (χ0v) is 19.5. The van der Waals surface area contributed by atoms with Gasteiger partial charge in [-0.2, -0.15) is 0 Å². The Balaban J connectivity index is 2.08. The Morgan fingerprint density at radius 1 is 1.09 bits per heavy atom. The van der Waals surface area contributed by atoms with E-state index in [9.17, 15) is 14.7 Å². The molecule has 0 aliphatic carbocycles. The number of amides is 1. The summed E-state index contributed by atoms with van der Waals surface area (Å²) < 4.78 is 5.59. The van der Waals surface area contributed by atoms with E-state index in [1.54, 1.807) is 23.1 Å². The molecule has 0 spiro atoms. The number of likely N-dealkylation sites (tertiary alicyclic amines) is 1. The highest BCUT2D eigenvalue weighted by atomic mass is 16.5. The molecule has 1 unspecified atom stereocenters. The number of hydrogen-bond donors (Lipinski definition) is 1. The van der Waals surface area contributed by atoms with Crippen LogP contribution in [0.5, 0.6) is 5.75 Å². The summed E-state index contributed by atoms with van der Waals surface area (Å²) in [6.07, 6.45) is 0.727. The first-order chi connectivity index (χ1) is 15.2. The van der Waals surface area contributed by atoms with Gasteiger partial charge in [-0.15, -0.1) is 0 Å². The molecule has 1 aliphatic heterocycles. The Morgan fingerprint density at radius 3 is 2.38 bits per heavy atom. The number of aliphatic hydroxyl groups excluding tert-OH is 1. The SMILES string of the molecule is CCOc1ccc(/C(O)=C2/C(=O)C(=O)N(CCCN(C)C)C2c2ccc(C)cc2)cc1C. The molecule has 1 heterocycles. The maximum atomic E-state index is 13.1. The number of aryl methyl sites for hydroxylation is 2. The summed E-state index contributed by atoms with van der Waals surface area (Å²) in [6, 6.07) is 12.4.